The summed E-state index contributed by atoms with van der Waals surface area (Å²) in [4.78, 5) is 24.8. The minimum atomic E-state index is -0.861. The summed E-state index contributed by atoms with van der Waals surface area (Å²) in [6.07, 6.45) is -0.111. The van der Waals surface area contributed by atoms with Gasteiger partial charge in [0.2, 0.25) is 0 Å². The summed E-state index contributed by atoms with van der Waals surface area (Å²) in [5, 5.41) is 10.5. The Balaban J connectivity index is 2.27. The number of rotatable bonds is 3. The number of ether oxygens (including phenoxy) is 1. The number of hydrogen-bond donors (Lipinski definition) is 1. The predicted molar refractivity (Wildman–Crippen MR) is 95.2 cm³/mol. The molecule has 3 aromatic rings. The predicted octanol–water partition coefficient (Wildman–Crippen LogP) is 3.85. The van der Waals surface area contributed by atoms with Gasteiger partial charge in [0.05, 0.1) is 19.0 Å². The number of phenolic OH excluding ortho intramolecular Hbond substituents is 1. The van der Waals surface area contributed by atoms with Gasteiger partial charge < -0.3 is 9.84 Å². The zero-order valence-electron chi connectivity index (χ0n) is 14.0. The third-order valence-corrected chi connectivity index (χ3v) is 4.46. The Bertz CT molecular complexity index is 1040. The van der Waals surface area contributed by atoms with Crippen LogP contribution in [0, 0.1) is 12.7 Å². The van der Waals surface area contributed by atoms with E-state index in [1.807, 2.05) is 0 Å². The van der Waals surface area contributed by atoms with Crippen molar-refractivity contribution in [3.8, 4) is 5.75 Å². The minimum absolute atomic E-state index is 0.111. The molecule has 5 nitrogen and oxygen atoms in total. The van der Waals surface area contributed by atoms with Crippen LogP contribution >= 0.6 is 11.6 Å². The Hall–Kier alpha value is -2.86. The number of hydrogen-bond acceptors (Lipinski definition) is 4. The number of halogens is 2. The second-order valence-electron chi connectivity index (χ2n) is 5.79. The van der Waals surface area contributed by atoms with Gasteiger partial charge in [0.1, 0.15) is 0 Å². The maximum Gasteiger partial charge on any atom is 0.310 e. The van der Waals surface area contributed by atoms with E-state index in [9.17, 15) is 19.1 Å². The molecule has 134 valence electrons. The van der Waals surface area contributed by atoms with E-state index in [4.69, 9.17) is 16.3 Å². The molecule has 0 unspecified atom stereocenters. The molecule has 0 atom stereocenters. The van der Waals surface area contributed by atoms with Gasteiger partial charge >= 0.3 is 5.97 Å². The van der Waals surface area contributed by atoms with Crippen molar-refractivity contribution in [1.82, 2.24) is 4.57 Å². The van der Waals surface area contributed by atoms with Crippen LogP contribution in [0.4, 0.5) is 4.39 Å². The molecular weight excluding hydrogens is 361 g/mol. The fraction of sp³-hybridized carbons (Fsp3) is 0.158. The van der Waals surface area contributed by atoms with Crippen molar-refractivity contribution in [2.75, 3.05) is 7.11 Å². The average molecular weight is 376 g/mol. The number of esters is 1. The molecule has 0 saturated carbocycles. The number of methoxy groups -OCH3 is 1. The normalized spacial score (nSPS) is 10.9. The largest absolute Gasteiger partial charge is 0.505 e. The van der Waals surface area contributed by atoms with Gasteiger partial charge in [0.15, 0.2) is 11.6 Å². The third-order valence-electron chi connectivity index (χ3n) is 4.23. The van der Waals surface area contributed by atoms with Crippen LogP contribution in [0.15, 0.2) is 36.4 Å². The van der Waals surface area contributed by atoms with Crippen LogP contribution in [0.1, 0.15) is 21.6 Å². The van der Waals surface area contributed by atoms with Crippen molar-refractivity contribution in [2.24, 2.45) is 0 Å². The number of carbonyl (C=O) groups excluding carboxylic acids is 2. The van der Waals surface area contributed by atoms with Crippen molar-refractivity contribution in [1.29, 1.82) is 0 Å². The smallest absolute Gasteiger partial charge is 0.310 e. The highest BCUT2D eigenvalue weighted by Gasteiger charge is 2.23. The van der Waals surface area contributed by atoms with Crippen molar-refractivity contribution >= 4 is 34.4 Å². The molecule has 1 N–H and O–H groups in total. The van der Waals surface area contributed by atoms with Gasteiger partial charge in [-0.1, -0.05) is 17.7 Å². The first kappa shape index (κ1) is 17.9. The zero-order chi connectivity index (χ0) is 19.0. The van der Waals surface area contributed by atoms with Crippen LogP contribution in [0.3, 0.4) is 0 Å². The number of benzene rings is 2. The van der Waals surface area contributed by atoms with E-state index in [0.29, 0.717) is 27.2 Å². The van der Waals surface area contributed by atoms with Crippen molar-refractivity contribution < 1.29 is 23.8 Å². The monoisotopic (exact) mass is 375 g/mol. The van der Waals surface area contributed by atoms with Crippen LogP contribution < -0.4 is 0 Å². The number of aromatic hydroxyl groups is 1. The Morgan fingerprint density at radius 2 is 2.00 bits per heavy atom. The lowest BCUT2D eigenvalue weighted by Gasteiger charge is -2.08. The summed E-state index contributed by atoms with van der Waals surface area (Å²) in [6, 6.07) is 8.65. The molecule has 0 saturated heterocycles. The van der Waals surface area contributed by atoms with Gasteiger partial charge in [0, 0.05) is 27.7 Å². The molecule has 1 heterocycles. The molecule has 0 spiro atoms. The Labute approximate surface area is 153 Å². The van der Waals surface area contributed by atoms with Crippen LogP contribution in [-0.4, -0.2) is 28.7 Å². The molecule has 3 rings (SSSR count). The molecule has 1 aromatic heterocycles. The van der Waals surface area contributed by atoms with E-state index in [2.05, 4.69) is 0 Å². The molecule has 7 heteroatoms. The van der Waals surface area contributed by atoms with E-state index >= 15 is 0 Å². The summed E-state index contributed by atoms with van der Waals surface area (Å²) in [5.41, 5.74) is 1.51. The van der Waals surface area contributed by atoms with Crippen molar-refractivity contribution in [2.45, 2.75) is 13.3 Å². The summed E-state index contributed by atoms with van der Waals surface area (Å²) >= 11 is 5.96. The SMILES string of the molecule is COC(=O)Cc1c(C)n(C(=O)c2cccc(Cl)c2)c2cc(F)c(O)cc12. The third kappa shape index (κ3) is 3.04. The van der Waals surface area contributed by atoms with Crippen LogP contribution in [0.2, 0.25) is 5.02 Å². The highest BCUT2D eigenvalue weighted by atomic mass is 35.5. The molecule has 0 aliphatic rings. The van der Waals surface area contributed by atoms with Crippen LogP contribution in [0.5, 0.6) is 5.75 Å². The molecule has 0 fully saturated rings. The van der Waals surface area contributed by atoms with Gasteiger partial charge in [0.25, 0.3) is 5.91 Å². The Morgan fingerprint density at radius 3 is 2.65 bits per heavy atom. The fourth-order valence-corrected chi connectivity index (χ4v) is 3.13. The van der Waals surface area contributed by atoms with E-state index < -0.39 is 23.4 Å². The molecule has 0 aliphatic carbocycles. The van der Waals surface area contributed by atoms with Gasteiger partial charge in [-0.2, -0.15) is 0 Å². The van der Waals surface area contributed by atoms with Gasteiger partial charge in [-0.3, -0.25) is 14.2 Å². The molecule has 2 aromatic carbocycles. The summed E-state index contributed by atoms with van der Waals surface area (Å²) < 4.78 is 19.9. The number of aromatic nitrogens is 1. The quantitative estimate of drug-likeness (QED) is 0.706. The molecule has 26 heavy (non-hydrogen) atoms. The molecule has 0 aliphatic heterocycles. The summed E-state index contributed by atoms with van der Waals surface area (Å²) in [5.74, 6) is -2.35. The number of nitrogens with zero attached hydrogens (tertiary/aromatic N) is 1. The van der Waals surface area contributed by atoms with Gasteiger partial charge in [-0.25, -0.2) is 4.39 Å². The molecule has 0 bridgehead atoms. The molecule has 0 amide bonds. The Morgan fingerprint density at radius 1 is 1.27 bits per heavy atom. The van der Waals surface area contributed by atoms with Crippen molar-refractivity contribution in [3.63, 3.8) is 0 Å². The van der Waals surface area contributed by atoms with Crippen LogP contribution in [-0.2, 0) is 16.0 Å². The molecule has 0 radical (unpaired) electrons. The van der Waals surface area contributed by atoms with E-state index in [0.717, 1.165) is 6.07 Å². The second-order valence-corrected chi connectivity index (χ2v) is 6.22. The highest BCUT2D eigenvalue weighted by Crippen LogP contribution is 2.32. The van der Waals surface area contributed by atoms with E-state index in [-0.39, 0.29) is 11.9 Å². The van der Waals surface area contributed by atoms with Gasteiger partial charge in [-0.05, 0) is 36.8 Å². The maximum atomic E-state index is 13.9. The summed E-state index contributed by atoms with van der Waals surface area (Å²) in [7, 11) is 1.26. The fourth-order valence-electron chi connectivity index (χ4n) is 2.94. The first-order valence-corrected chi connectivity index (χ1v) is 8.10. The average Bonchev–Trinajstić information content (AvgIpc) is 2.86. The lowest BCUT2D eigenvalue weighted by Crippen LogP contribution is -2.14. The maximum absolute atomic E-state index is 13.9. The zero-order valence-corrected chi connectivity index (χ0v) is 14.8. The standard InChI is InChI=1S/C19H15ClFNO4/c1-10-13(8-18(24)26-2)14-7-17(23)15(21)9-16(14)22(10)19(25)11-4-3-5-12(20)6-11/h3-7,9,23H,8H2,1-2H3. The first-order valence-electron chi connectivity index (χ1n) is 7.73. The number of fused-ring (bicyclic) bond motifs is 1. The van der Waals surface area contributed by atoms with E-state index in [1.54, 1.807) is 25.1 Å². The van der Waals surface area contributed by atoms with E-state index in [1.165, 1.54) is 23.8 Å². The highest BCUT2D eigenvalue weighted by molar-refractivity contribution is 6.31. The summed E-state index contributed by atoms with van der Waals surface area (Å²) in [6.45, 7) is 1.65. The number of phenols is 1. The van der Waals surface area contributed by atoms with Gasteiger partial charge in [-0.15, -0.1) is 0 Å². The lowest BCUT2D eigenvalue weighted by molar-refractivity contribution is -0.139. The lowest BCUT2D eigenvalue weighted by atomic mass is 10.1. The van der Waals surface area contributed by atoms with Crippen LogP contribution in [0.25, 0.3) is 10.9 Å². The van der Waals surface area contributed by atoms with Crippen molar-refractivity contribution in [3.05, 3.63) is 64.1 Å². The molecular formula is C19H15ClFNO4. The number of carbonyl (C=O) groups is 2. The minimum Gasteiger partial charge on any atom is -0.505 e. The topological polar surface area (TPSA) is 68.5 Å². The second kappa shape index (κ2) is 6.80. The first-order chi connectivity index (χ1) is 12.3. The Kier molecular flexibility index (Phi) is 4.70.